The van der Waals surface area contributed by atoms with Crippen LogP contribution in [0.25, 0.3) is 0 Å². The van der Waals surface area contributed by atoms with E-state index in [1.165, 1.54) is 32.1 Å². The van der Waals surface area contributed by atoms with Gasteiger partial charge in [0.05, 0.1) is 0 Å². The molecule has 0 saturated heterocycles. The maximum Gasteiger partial charge on any atom is 0.220 e. The van der Waals surface area contributed by atoms with Gasteiger partial charge in [0.15, 0.2) is 0 Å². The van der Waals surface area contributed by atoms with E-state index in [4.69, 9.17) is 0 Å². The van der Waals surface area contributed by atoms with Crippen molar-refractivity contribution in [1.29, 1.82) is 0 Å². The Labute approximate surface area is 142 Å². The van der Waals surface area contributed by atoms with E-state index in [2.05, 4.69) is 29.6 Å². The van der Waals surface area contributed by atoms with Crippen LogP contribution in [0.4, 0.5) is 0 Å². The third-order valence-corrected chi connectivity index (χ3v) is 4.20. The molecule has 1 aliphatic rings. The summed E-state index contributed by atoms with van der Waals surface area (Å²) >= 11 is 0. The fourth-order valence-corrected chi connectivity index (χ4v) is 3.02. The first-order chi connectivity index (χ1) is 9.15. The zero-order valence-electron chi connectivity index (χ0n) is 13.7. The molecule has 1 saturated carbocycles. The Morgan fingerprint density at radius 2 is 1.81 bits per heavy atom. The maximum absolute atomic E-state index is 11.8. The Morgan fingerprint density at radius 3 is 2.33 bits per heavy atom. The number of carbonyl (C=O) groups is 1. The third-order valence-electron chi connectivity index (χ3n) is 4.20. The molecule has 0 spiro atoms. The lowest BCUT2D eigenvalue weighted by Gasteiger charge is -2.35. The maximum atomic E-state index is 11.8. The van der Waals surface area contributed by atoms with E-state index < -0.39 is 0 Å². The molecule has 1 atom stereocenters. The molecule has 1 amide bonds. The van der Waals surface area contributed by atoms with E-state index >= 15 is 0 Å². The second-order valence-electron chi connectivity index (χ2n) is 5.94. The van der Waals surface area contributed by atoms with Crippen molar-refractivity contribution in [3.63, 3.8) is 0 Å². The Kier molecular flexibility index (Phi) is 15.1. The molecular weight excluding hydrogens is 309 g/mol. The van der Waals surface area contributed by atoms with Crippen LogP contribution in [0.5, 0.6) is 0 Å². The van der Waals surface area contributed by atoms with E-state index in [-0.39, 0.29) is 30.7 Å². The molecule has 0 aromatic heterocycles. The molecule has 0 aliphatic heterocycles. The van der Waals surface area contributed by atoms with Crippen LogP contribution in [-0.2, 0) is 4.79 Å². The molecule has 0 heterocycles. The van der Waals surface area contributed by atoms with Gasteiger partial charge in [-0.15, -0.1) is 24.8 Å². The molecule has 21 heavy (non-hydrogen) atoms. The van der Waals surface area contributed by atoms with Gasteiger partial charge in [0, 0.05) is 19.0 Å². The Bertz CT molecular complexity index is 259. The normalized spacial score (nSPS) is 16.8. The lowest BCUT2D eigenvalue weighted by atomic mass is 9.83. The van der Waals surface area contributed by atoms with Crippen molar-refractivity contribution in [2.24, 2.45) is 5.92 Å². The molecule has 0 aromatic rings. The molecule has 6 heteroatoms. The number of hydrogen-bond donors (Lipinski definition) is 2. The SMILES string of the molecule is CNCCCC(=O)NCC(C1CCCCC1)N(C)C.Cl.Cl. The molecule has 0 aromatic carbocycles. The van der Waals surface area contributed by atoms with Crippen molar-refractivity contribution >= 4 is 30.7 Å². The highest BCUT2D eigenvalue weighted by molar-refractivity contribution is 5.85. The van der Waals surface area contributed by atoms with Crippen molar-refractivity contribution in [2.45, 2.75) is 51.0 Å². The first-order valence-corrected chi connectivity index (χ1v) is 7.73. The minimum atomic E-state index is 0. The number of nitrogens with zero attached hydrogens (tertiary/aromatic N) is 1. The van der Waals surface area contributed by atoms with E-state index in [1.54, 1.807) is 0 Å². The van der Waals surface area contributed by atoms with Gasteiger partial charge in [-0.3, -0.25) is 4.79 Å². The highest BCUT2D eigenvalue weighted by Gasteiger charge is 2.25. The van der Waals surface area contributed by atoms with Crippen LogP contribution in [0.2, 0.25) is 0 Å². The van der Waals surface area contributed by atoms with Crippen LogP contribution in [0.3, 0.4) is 0 Å². The van der Waals surface area contributed by atoms with Crippen LogP contribution in [0.1, 0.15) is 44.9 Å². The fourth-order valence-electron chi connectivity index (χ4n) is 3.02. The number of amides is 1. The molecule has 2 N–H and O–H groups in total. The van der Waals surface area contributed by atoms with Gasteiger partial charge >= 0.3 is 0 Å². The zero-order valence-corrected chi connectivity index (χ0v) is 15.3. The second kappa shape index (κ2) is 13.6. The highest BCUT2D eigenvalue weighted by Crippen LogP contribution is 2.28. The molecule has 0 radical (unpaired) electrons. The topological polar surface area (TPSA) is 44.4 Å². The summed E-state index contributed by atoms with van der Waals surface area (Å²) in [5.41, 5.74) is 0. The van der Waals surface area contributed by atoms with Crippen LogP contribution < -0.4 is 10.6 Å². The van der Waals surface area contributed by atoms with Gasteiger partial charge in [0.2, 0.25) is 5.91 Å². The summed E-state index contributed by atoms with van der Waals surface area (Å²) in [6, 6.07) is 0.494. The Morgan fingerprint density at radius 1 is 1.19 bits per heavy atom. The molecule has 4 nitrogen and oxygen atoms in total. The van der Waals surface area contributed by atoms with Gasteiger partial charge in [0.25, 0.3) is 0 Å². The molecular formula is C15H33Cl2N3O. The molecule has 1 rings (SSSR count). The van der Waals surface area contributed by atoms with Gasteiger partial charge in [-0.05, 0) is 52.9 Å². The van der Waals surface area contributed by atoms with E-state index in [9.17, 15) is 4.79 Å². The fraction of sp³-hybridized carbons (Fsp3) is 0.933. The van der Waals surface area contributed by atoms with Gasteiger partial charge in [-0.25, -0.2) is 0 Å². The number of halogens is 2. The van der Waals surface area contributed by atoms with Crippen molar-refractivity contribution in [3.8, 4) is 0 Å². The van der Waals surface area contributed by atoms with Crippen molar-refractivity contribution in [3.05, 3.63) is 0 Å². The van der Waals surface area contributed by atoms with Crippen molar-refractivity contribution in [1.82, 2.24) is 15.5 Å². The molecule has 0 bridgehead atoms. The number of nitrogens with one attached hydrogen (secondary N) is 2. The molecule has 1 unspecified atom stereocenters. The molecule has 128 valence electrons. The summed E-state index contributed by atoms with van der Waals surface area (Å²) in [6.07, 6.45) is 8.27. The van der Waals surface area contributed by atoms with Gasteiger partial charge in [-0.2, -0.15) is 0 Å². The van der Waals surface area contributed by atoms with Crippen LogP contribution in [0, 0.1) is 5.92 Å². The molecule has 1 fully saturated rings. The second-order valence-corrected chi connectivity index (χ2v) is 5.94. The minimum Gasteiger partial charge on any atom is -0.355 e. The van der Waals surface area contributed by atoms with E-state index in [0.717, 1.165) is 25.4 Å². The van der Waals surface area contributed by atoms with Gasteiger partial charge in [-0.1, -0.05) is 19.3 Å². The minimum absolute atomic E-state index is 0. The lowest BCUT2D eigenvalue weighted by molar-refractivity contribution is -0.121. The predicted molar refractivity (Wildman–Crippen MR) is 94.7 cm³/mol. The van der Waals surface area contributed by atoms with E-state index in [1.807, 2.05) is 7.05 Å². The first kappa shape index (κ1) is 23.2. The highest BCUT2D eigenvalue weighted by atomic mass is 35.5. The van der Waals surface area contributed by atoms with Crippen molar-refractivity contribution in [2.75, 3.05) is 34.2 Å². The standard InChI is InChI=1S/C15H31N3O.2ClH/c1-16-11-7-10-15(19)17-12-14(18(2)3)13-8-5-4-6-9-13;;/h13-14,16H,4-12H2,1-3H3,(H,17,19);2*1H. The van der Waals surface area contributed by atoms with Crippen molar-refractivity contribution < 1.29 is 4.79 Å². The van der Waals surface area contributed by atoms with Crippen LogP contribution in [-0.4, -0.2) is 51.1 Å². The van der Waals surface area contributed by atoms with Gasteiger partial charge < -0.3 is 15.5 Å². The number of hydrogen-bond acceptors (Lipinski definition) is 3. The Hall–Kier alpha value is -0.0300. The summed E-state index contributed by atoms with van der Waals surface area (Å²) < 4.78 is 0. The summed E-state index contributed by atoms with van der Waals surface area (Å²) in [5.74, 6) is 0.944. The lowest BCUT2D eigenvalue weighted by Crippen LogP contribution is -2.45. The monoisotopic (exact) mass is 341 g/mol. The average molecular weight is 342 g/mol. The van der Waals surface area contributed by atoms with Gasteiger partial charge in [0.1, 0.15) is 0 Å². The summed E-state index contributed by atoms with van der Waals surface area (Å²) in [6.45, 7) is 1.71. The zero-order chi connectivity index (χ0) is 14.1. The van der Waals surface area contributed by atoms with Crippen LogP contribution >= 0.6 is 24.8 Å². The Balaban J connectivity index is 0. The summed E-state index contributed by atoms with van der Waals surface area (Å²) in [5, 5.41) is 6.18. The summed E-state index contributed by atoms with van der Waals surface area (Å²) in [4.78, 5) is 14.1. The molecule has 1 aliphatic carbocycles. The number of likely N-dealkylation sites (N-methyl/N-ethyl adjacent to an activating group) is 1. The first-order valence-electron chi connectivity index (χ1n) is 7.73. The number of carbonyl (C=O) groups excluding carboxylic acids is 1. The van der Waals surface area contributed by atoms with E-state index in [0.29, 0.717) is 12.5 Å². The predicted octanol–water partition coefficient (Wildman–Crippen LogP) is 2.46. The quantitative estimate of drug-likeness (QED) is 0.666. The smallest absolute Gasteiger partial charge is 0.220 e. The third kappa shape index (κ3) is 9.56. The largest absolute Gasteiger partial charge is 0.355 e. The number of rotatable bonds is 8. The summed E-state index contributed by atoms with van der Waals surface area (Å²) in [7, 11) is 6.18. The van der Waals surface area contributed by atoms with Crippen LogP contribution in [0.15, 0.2) is 0 Å². The average Bonchev–Trinajstić information content (AvgIpc) is 2.40.